The fourth-order valence-corrected chi connectivity index (χ4v) is 0.712. The van der Waals surface area contributed by atoms with Gasteiger partial charge in [0.2, 0.25) is 6.41 Å². The molecule has 0 spiro atoms. The number of hydrogen-bond acceptors (Lipinski definition) is 4. The molecule has 0 bridgehead atoms. The molecule has 0 saturated heterocycles. The van der Waals surface area contributed by atoms with Crippen molar-refractivity contribution in [2.75, 3.05) is 0 Å². The van der Waals surface area contributed by atoms with Gasteiger partial charge < -0.3 is 0 Å². The molecule has 0 radical (unpaired) electrons. The lowest BCUT2D eigenvalue weighted by Gasteiger charge is -1.94. The number of nitrogens with one attached hydrogen (secondary N) is 2. The number of amides is 4. The molecular weight excluding hydrogens is 164 g/mol. The molecule has 0 aliphatic carbocycles. The second kappa shape index (κ2) is 2.95. The number of rotatable bonds is 2. The van der Waals surface area contributed by atoms with Crippen LogP contribution in [0.25, 0.3) is 0 Å². The predicted octanol–water partition coefficient (Wildman–Crippen LogP) is -2.16. The van der Waals surface area contributed by atoms with Crippen molar-refractivity contribution in [3.63, 3.8) is 0 Å². The first kappa shape index (κ1) is 8.12. The fourth-order valence-electron chi connectivity index (χ4n) is 0.712. The molecule has 0 aromatic rings. The van der Waals surface area contributed by atoms with E-state index in [1.54, 1.807) is 5.32 Å². The van der Waals surface area contributed by atoms with Crippen LogP contribution in [-0.4, -0.2) is 24.1 Å². The van der Waals surface area contributed by atoms with Gasteiger partial charge in [0.05, 0.1) is 0 Å². The molecule has 0 aromatic carbocycles. The van der Waals surface area contributed by atoms with E-state index in [4.69, 9.17) is 0 Å². The molecule has 1 aliphatic rings. The van der Waals surface area contributed by atoms with Crippen molar-refractivity contribution < 1.29 is 19.2 Å². The van der Waals surface area contributed by atoms with Crippen LogP contribution in [0.2, 0.25) is 0 Å². The van der Waals surface area contributed by atoms with Crippen molar-refractivity contribution in [3.8, 4) is 0 Å². The Balaban J connectivity index is 2.81. The molecule has 0 atom stereocenters. The summed E-state index contributed by atoms with van der Waals surface area (Å²) in [6.45, 7) is 0. The van der Waals surface area contributed by atoms with Gasteiger partial charge in [-0.05, 0) is 0 Å². The zero-order valence-corrected chi connectivity index (χ0v) is 5.79. The van der Waals surface area contributed by atoms with Crippen molar-refractivity contribution in [1.82, 2.24) is 10.6 Å². The van der Waals surface area contributed by atoms with Crippen molar-refractivity contribution in [1.29, 1.82) is 0 Å². The Morgan fingerprint density at radius 3 is 2.58 bits per heavy atom. The molecule has 1 aliphatic heterocycles. The summed E-state index contributed by atoms with van der Waals surface area (Å²) < 4.78 is 0. The fraction of sp³-hybridized carbons (Fsp3) is 0. The second-order valence-electron chi connectivity index (χ2n) is 1.97. The van der Waals surface area contributed by atoms with Crippen molar-refractivity contribution in [2.45, 2.75) is 0 Å². The summed E-state index contributed by atoms with van der Waals surface area (Å²) in [6, 6.07) is 0. The molecule has 4 amide bonds. The van der Waals surface area contributed by atoms with Crippen molar-refractivity contribution in [2.24, 2.45) is 0 Å². The summed E-state index contributed by atoms with van der Waals surface area (Å²) in [6.07, 6.45) is 0.973. The SMILES string of the molecule is O=CNC(=O)C1=CC(=O)NC1=O. The maximum absolute atomic E-state index is 10.8. The summed E-state index contributed by atoms with van der Waals surface area (Å²) >= 11 is 0. The lowest BCUT2D eigenvalue weighted by molar-refractivity contribution is -0.125. The van der Waals surface area contributed by atoms with E-state index in [-0.39, 0.29) is 12.0 Å². The highest BCUT2D eigenvalue weighted by atomic mass is 16.2. The Morgan fingerprint density at radius 2 is 2.17 bits per heavy atom. The van der Waals surface area contributed by atoms with Gasteiger partial charge >= 0.3 is 0 Å². The molecule has 1 heterocycles. The average molecular weight is 168 g/mol. The van der Waals surface area contributed by atoms with Gasteiger partial charge in [-0.15, -0.1) is 0 Å². The maximum atomic E-state index is 10.8. The van der Waals surface area contributed by atoms with Gasteiger partial charge in [-0.3, -0.25) is 29.8 Å². The highest BCUT2D eigenvalue weighted by molar-refractivity contribution is 6.30. The van der Waals surface area contributed by atoms with Gasteiger partial charge in [-0.2, -0.15) is 0 Å². The predicted molar refractivity (Wildman–Crippen MR) is 35.4 cm³/mol. The van der Waals surface area contributed by atoms with E-state index in [0.717, 1.165) is 6.08 Å². The number of hydrogen-bond donors (Lipinski definition) is 2. The minimum absolute atomic E-state index is 0.138. The Bertz CT molecular complexity index is 305. The molecule has 2 N–H and O–H groups in total. The zero-order chi connectivity index (χ0) is 9.14. The second-order valence-corrected chi connectivity index (χ2v) is 1.97. The standard InChI is InChI=1S/C6H4N2O4/c9-2-7-5(11)3-1-4(10)8-6(3)12/h1-2H,(H,7,9,11)(H,8,10,12). The molecule has 12 heavy (non-hydrogen) atoms. The molecular formula is C6H4N2O4. The zero-order valence-electron chi connectivity index (χ0n) is 5.79. The molecule has 0 saturated carbocycles. The van der Waals surface area contributed by atoms with E-state index in [1.807, 2.05) is 5.32 Å². The van der Waals surface area contributed by atoms with E-state index < -0.39 is 17.7 Å². The van der Waals surface area contributed by atoms with Gasteiger partial charge in [-0.1, -0.05) is 0 Å². The minimum atomic E-state index is -0.881. The molecule has 62 valence electrons. The molecule has 1 rings (SSSR count). The summed E-state index contributed by atoms with van der Waals surface area (Å²) in [7, 11) is 0. The highest BCUT2D eigenvalue weighted by Gasteiger charge is 2.26. The average Bonchev–Trinajstić information content (AvgIpc) is 2.30. The topological polar surface area (TPSA) is 92.3 Å². The Labute approximate surface area is 66.6 Å². The van der Waals surface area contributed by atoms with Crippen molar-refractivity contribution >= 4 is 24.1 Å². The van der Waals surface area contributed by atoms with Crippen molar-refractivity contribution in [3.05, 3.63) is 11.6 Å². The summed E-state index contributed by atoms with van der Waals surface area (Å²) in [5, 5.41) is 3.60. The lowest BCUT2D eigenvalue weighted by Crippen LogP contribution is -2.30. The van der Waals surface area contributed by atoms with Crippen LogP contribution in [-0.2, 0) is 19.2 Å². The third kappa shape index (κ3) is 1.36. The minimum Gasteiger partial charge on any atom is -0.295 e. The quantitative estimate of drug-likeness (QED) is 0.279. The van der Waals surface area contributed by atoms with Gasteiger partial charge in [0.1, 0.15) is 5.57 Å². The van der Waals surface area contributed by atoms with Crippen LogP contribution in [0.1, 0.15) is 0 Å². The van der Waals surface area contributed by atoms with Gasteiger partial charge in [0, 0.05) is 6.08 Å². The molecule has 0 aromatic heterocycles. The number of carbonyl (C=O) groups is 4. The Kier molecular flexibility index (Phi) is 2.00. The van der Waals surface area contributed by atoms with E-state index in [1.165, 1.54) is 0 Å². The van der Waals surface area contributed by atoms with Gasteiger partial charge in [-0.25, -0.2) is 0 Å². The van der Waals surface area contributed by atoms with Crippen LogP contribution in [0.15, 0.2) is 11.6 Å². The Hall–Kier alpha value is -1.98. The van der Waals surface area contributed by atoms with E-state index in [0.29, 0.717) is 0 Å². The van der Waals surface area contributed by atoms with Gasteiger partial charge in [0.25, 0.3) is 17.7 Å². The van der Waals surface area contributed by atoms with Crippen LogP contribution >= 0.6 is 0 Å². The summed E-state index contributed by atoms with van der Waals surface area (Å²) in [4.78, 5) is 41.8. The number of imide groups is 2. The monoisotopic (exact) mass is 168 g/mol. The van der Waals surface area contributed by atoms with Crippen LogP contribution in [0.4, 0.5) is 0 Å². The number of carbonyl (C=O) groups excluding carboxylic acids is 4. The summed E-state index contributed by atoms with van der Waals surface area (Å²) in [5.41, 5.74) is -0.355. The van der Waals surface area contributed by atoms with Crippen LogP contribution < -0.4 is 10.6 Å². The molecule has 0 fully saturated rings. The molecule has 6 heteroatoms. The third-order valence-electron chi connectivity index (χ3n) is 1.19. The van der Waals surface area contributed by atoms with Gasteiger partial charge in [0.15, 0.2) is 0 Å². The first-order valence-corrected chi connectivity index (χ1v) is 2.96. The normalized spacial score (nSPS) is 15.2. The van der Waals surface area contributed by atoms with Crippen LogP contribution in [0.5, 0.6) is 0 Å². The smallest absolute Gasteiger partial charge is 0.263 e. The maximum Gasteiger partial charge on any atom is 0.263 e. The lowest BCUT2D eigenvalue weighted by atomic mass is 10.2. The first-order valence-electron chi connectivity index (χ1n) is 2.96. The first-order chi connectivity index (χ1) is 5.65. The van der Waals surface area contributed by atoms with Crippen LogP contribution in [0.3, 0.4) is 0 Å². The highest BCUT2D eigenvalue weighted by Crippen LogP contribution is 2.00. The van der Waals surface area contributed by atoms with Crippen LogP contribution in [0, 0.1) is 0 Å². The van der Waals surface area contributed by atoms with E-state index in [2.05, 4.69) is 0 Å². The molecule has 6 nitrogen and oxygen atoms in total. The van der Waals surface area contributed by atoms with E-state index >= 15 is 0 Å². The summed E-state index contributed by atoms with van der Waals surface area (Å²) in [5.74, 6) is -2.33. The van der Waals surface area contributed by atoms with E-state index in [9.17, 15) is 19.2 Å². The molecule has 0 unspecified atom stereocenters. The largest absolute Gasteiger partial charge is 0.295 e. The third-order valence-corrected chi connectivity index (χ3v) is 1.19. The Morgan fingerprint density at radius 1 is 1.50 bits per heavy atom.